The average molecular weight is 421 g/mol. The Balaban J connectivity index is 2.28. The third-order valence-corrected chi connectivity index (χ3v) is 3.71. The van der Waals surface area contributed by atoms with E-state index in [9.17, 15) is 19.3 Å². The molecular formula is C13H7ClFIN2O3. The quantitative estimate of drug-likeness (QED) is 0.458. The average Bonchev–Trinajstić information content (AvgIpc) is 2.42. The zero-order chi connectivity index (χ0) is 15.6. The molecule has 0 aliphatic carbocycles. The Morgan fingerprint density at radius 2 is 2.00 bits per heavy atom. The van der Waals surface area contributed by atoms with E-state index in [2.05, 4.69) is 5.32 Å². The van der Waals surface area contributed by atoms with E-state index in [1.54, 1.807) is 18.2 Å². The summed E-state index contributed by atoms with van der Waals surface area (Å²) in [5.41, 5.74) is -0.237. The number of nitro benzene ring substituents is 1. The molecule has 0 aromatic heterocycles. The van der Waals surface area contributed by atoms with Crippen molar-refractivity contribution in [3.8, 4) is 0 Å². The number of anilines is 1. The molecule has 1 amide bonds. The second-order valence-corrected chi connectivity index (χ2v) is 5.60. The molecule has 21 heavy (non-hydrogen) atoms. The minimum atomic E-state index is -0.988. The van der Waals surface area contributed by atoms with Gasteiger partial charge in [-0.05, 0) is 52.9 Å². The largest absolute Gasteiger partial charge is 0.321 e. The van der Waals surface area contributed by atoms with Gasteiger partial charge >= 0.3 is 5.69 Å². The number of benzene rings is 2. The number of hydrogen-bond donors (Lipinski definition) is 1. The summed E-state index contributed by atoms with van der Waals surface area (Å²) >= 11 is 7.80. The Morgan fingerprint density at radius 1 is 1.29 bits per heavy atom. The fraction of sp³-hybridized carbons (Fsp3) is 0. The zero-order valence-corrected chi connectivity index (χ0v) is 13.2. The molecule has 0 heterocycles. The molecular weight excluding hydrogens is 414 g/mol. The maximum atomic E-state index is 13.2. The van der Waals surface area contributed by atoms with E-state index in [0.717, 1.165) is 12.1 Å². The molecule has 0 saturated carbocycles. The van der Waals surface area contributed by atoms with Crippen molar-refractivity contribution in [2.75, 3.05) is 5.32 Å². The molecule has 1 N–H and O–H groups in total. The summed E-state index contributed by atoms with van der Waals surface area (Å²) in [7, 11) is 0. The Morgan fingerprint density at radius 3 is 2.62 bits per heavy atom. The number of halogens is 3. The van der Waals surface area contributed by atoms with Crippen molar-refractivity contribution < 1.29 is 14.1 Å². The Bertz CT molecular complexity index is 739. The number of nitrogens with zero attached hydrogens (tertiary/aromatic N) is 1. The minimum absolute atomic E-state index is 0.00569. The first kappa shape index (κ1) is 15.6. The zero-order valence-electron chi connectivity index (χ0n) is 10.3. The van der Waals surface area contributed by atoms with Gasteiger partial charge in [-0.15, -0.1) is 0 Å². The van der Waals surface area contributed by atoms with Crippen molar-refractivity contribution in [3.05, 3.63) is 66.5 Å². The molecule has 0 fully saturated rings. The highest BCUT2D eigenvalue weighted by atomic mass is 127. The summed E-state index contributed by atoms with van der Waals surface area (Å²) in [5.74, 6) is -1.56. The molecule has 108 valence electrons. The van der Waals surface area contributed by atoms with Crippen molar-refractivity contribution in [1.82, 2.24) is 0 Å². The van der Waals surface area contributed by atoms with E-state index in [0.29, 0.717) is 14.3 Å². The van der Waals surface area contributed by atoms with Gasteiger partial charge < -0.3 is 5.32 Å². The molecule has 0 unspecified atom stereocenters. The van der Waals surface area contributed by atoms with Gasteiger partial charge in [-0.25, -0.2) is 0 Å². The van der Waals surface area contributed by atoms with Crippen LogP contribution in [-0.2, 0) is 0 Å². The summed E-state index contributed by atoms with van der Waals surface area (Å²) < 4.78 is 13.9. The van der Waals surface area contributed by atoms with E-state index in [1.807, 2.05) is 22.6 Å². The molecule has 0 radical (unpaired) electrons. The van der Waals surface area contributed by atoms with Crippen LogP contribution in [0.25, 0.3) is 0 Å². The maximum absolute atomic E-state index is 13.2. The van der Waals surface area contributed by atoms with Crippen LogP contribution in [0.15, 0.2) is 36.4 Å². The Labute approximate surface area is 137 Å². The van der Waals surface area contributed by atoms with Crippen LogP contribution in [0.3, 0.4) is 0 Å². The smallest absolute Gasteiger partial charge is 0.305 e. The number of rotatable bonds is 3. The van der Waals surface area contributed by atoms with Crippen molar-refractivity contribution in [2.45, 2.75) is 0 Å². The lowest BCUT2D eigenvalue weighted by Crippen LogP contribution is -2.13. The van der Waals surface area contributed by atoms with Crippen LogP contribution in [0.2, 0.25) is 5.02 Å². The van der Waals surface area contributed by atoms with Gasteiger partial charge in [0, 0.05) is 20.2 Å². The summed E-state index contributed by atoms with van der Waals surface area (Å²) in [6, 6.07) is 7.84. The van der Waals surface area contributed by atoms with Gasteiger partial charge in [-0.3, -0.25) is 14.9 Å². The van der Waals surface area contributed by atoms with Gasteiger partial charge in [0.2, 0.25) is 5.82 Å². The van der Waals surface area contributed by atoms with E-state index >= 15 is 0 Å². The second-order valence-electron chi connectivity index (χ2n) is 4.00. The molecule has 5 nitrogen and oxygen atoms in total. The van der Waals surface area contributed by atoms with Crippen LogP contribution in [-0.4, -0.2) is 10.8 Å². The molecule has 0 atom stereocenters. The monoisotopic (exact) mass is 420 g/mol. The van der Waals surface area contributed by atoms with E-state index in [-0.39, 0.29) is 5.56 Å². The van der Waals surface area contributed by atoms with Crippen LogP contribution in [0.5, 0.6) is 0 Å². The van der Waals surface area contributed by atoms with Gasteiger partial charge in [0.25, 0.3) is 5.91 Å². The van der Waals surface area contributed by atoms with Crippen molar-refractivity contribution in [1.29, 1.82) is 0 Å². The lowest BCUT2D eigenvalue weighted by Gasteiger charge is -2.08. The predicted octanol–water partition coefficient (Wildman–Crippen LogP) is 4.24. The van der Waals surface area contributed by atoms with Crippen LogP contribution in [0, 0.1) is 19.5 Å². The topological polar surface area (TPSA) is 72.2 Å². The number of nitrogens with one attached hydrogen (secondary N) is 1. The maximum Gasteiger partial charge on any atom is 0.305 e. The molecule has 2 rings (SSSR count). The van der Waals surface area contributed by atoms with Gasteiger partial charge in [0.15, 0.2) is 0 Å². The van der Waals surface area contributed by atoms with Crippen molar-refractivity contribution >= 4 is 51.5 Å². The van der Waals surface area contributed by atoms with Gasteiger partial charge in [0.05, 0.1) is 10.6 Å². The highest BCUT2D eigenvalue weighted by molar-refractivity contribution is 14.1. The number of carbonyl (C=O) groups is 1. The number of carbonyl (C=O) groups excluding carboxylic acids is 1. The van der Waals surface area contributed by atoms with Gasteiger partial charge in [-0.1, -0.05) is 11.6 Å². The third kappa shape index (κ3) is 3.67. The highest BCUT2D eigenvalue weighted by Crippen LogP contribution is 2.24. The first-order valence-corrected chi connectivity index (χ1v) is 7.04. The lowest BCUT2D eigenvalue weighted by atomic mass is 10.1. The number of hydrogen-bond acceptors (Lipinski definition) is 3. The predicted molar refractivity (Wildman–Crippen MR) is 85.2 cm³/mol. The molecule has 0 saturated heterocycles. The molecule has 0 bridgehead atoms. The highest BCUT2D eigenvalue weighted by Gasteiger charge is 2.18. The van der Waals surface area contributed by atoms with E-state index < -0.39 is 22.3 Å². The molecule has 0 aliphatic heterocycles. The fourth-order valence-electron chi connectivity index (χ4n) is 1.58. The molecule has 0 spiro atoms. The Kier molecular flexibility index (Phi) is 4.73. The molecule has 8 heteroatoms. The molecule has 0 aliphatic rings. The Hall–Kier alpha value is -1.74. The lowest BCUT2D eigenvalue weighted by molar-refractivity contribution is -0.387. The second kappa shape index (κ2) is 6.35. The van der Waals surface area contributed by atoms with E-state index in [4.69, 9.17) is 11.6 Å². The summed E-state index contributed by atoms with van der Waals surface area (Å²) in [6.45, 7) is 0. The van der Waals surface area contributed by atoms with Crippen molar-refractivity contribution in [3.63, 3.8) is 0 Å². The first-order valence-electron chi connectivity index (χ1n) is 5.59. The number of amides is 1. The SMILES string of the molecule is O=C(Nc1ccc(Cl)cc1I)c1ccc(F)c([N+](=O)[O-])c1. The van der Waals surface area contributed by atoms with Gasteiger partial charge in [-0.2, -0.15) is 4.39 Å². The van der Waals surface area contributed by atoms with Crippen LogP contribution in [0.4, 0.5) is 15.8 Å². The number of nitro groups is 1. The van der Waals surface area contributed by atoms with Crippen molar-refractivity contribution in [2.24, 2.45) is 0 Å². The molecule has 2 aromatic carbocycles. The van der Waals surface area contributed by atoms with Crippen LogP contribution >= 0.6 is 34.2 Å². The summed E-state index contributed by atoms with van der Waals surface area (Å²) in [4.78, 5) is 21.8. The summed E-state index contributed by atoms with van der Waals surface area (Å²) in [6.07, 6.45) is 0. The van der Waals surface area contributed by atoms with Crippen LogP contribution < -0.4 is 5.32 Å². The minimum Gasteiger partial charge on any atom is -0.321 e. The van der Waals surface area contributed by atoms with E-state index in [1.165, 1.54) is 6.07 Å². The van der Waals surface area contributed by atoms with Gasteiger partial charge in [0.1, 0.15) is 0 Å². The standard InChI is InChI=1S/C13H7ClFIN2O3/c14-8-2-4-11(10(16)6-8)17-13(19)7-1-3-9(15)12(5-7)18(20)21/h1-6H,(H,17,19). The first-order chi connectivity index (χ1) is 9.88. The normalized spacial score (nSPS) is 10.2. The fourth-order valence-corrected chi connectivity index (χ4v) is 2.59. The molecule has 2 aromatic rings. The third-order valence-electron chi connectivity index (χ3n) is 2.58. The van der Waals surface area contributed by atoms with Crippen LogP contribution in [0.1, 0.15) is 10.4 Å². The summed E-state index contributed by atoms with van der Waals surface area (Å²) in [5, 5.41) is 13.8.